The lowest BCUT2D eigenvalue weighted by atomic mass is 10.2. The van der Waals surface area contributed by atoms with Crippen molar-refractivity contribution in [3.05, 3.63) is 51.2 Å². The zero-order valence-corrected chi connectivity index (χ0v) is 12.7. The third kappa shape index (κ3) is 3.96. The Labute approximate surface area is 130 Å². The summed E-state index contributed by atoms with van der Waals surface area (Å²) in [5, 5.41) is 13.7. The number of thiophene rings is 1. The lowest BCUT2D eigenvalue weighted by molar-refractivity contribution is 0.0697. The summed E-state index contributed by atoms with van der Waals surface area (Å²) in [6.07, 6.45) is 0. The number of aromatic carboxylic acids is 1. The SMILES string of the molecule is CN(Cc1cccs1)C(=O)Nc1ccc(Cl)c(C(=O)O)c1. The maximum Gasteiger partial charge on any atom is 0.337 e. The average Bonchev–Trinajstić information content (AvgIpc) is 2.93. The second kappa shape index (κ2) is 6.60. The molecule has 2 aromatic rings. The quantitative estimate of drug-likeness (QED) is 0.899. The maximum absolute atomic E-state index is 12.0. The highest BCUT2D eigenvalue weighted by atomic mass is 35.5. The highest BCUT2D eigenvalue weighted by Crippen LogP contribution is 2.21. The van der Waals surface area contributed by atoms with E-state index in [0.717, 1.165) is 4.88 Å². The molecule has 0 saturated carbocycles. The molecular formula is C14H13ClN2O3S. The number of urea groups is 1. The Hall–Kier alpha value is -2.05. The van der Waals surface area contributed by atoms with Crippen LogP contribution in [0.5, 0.6) is 0 Å². The molecule has 0 radical (unpaired) electrons. The van der Waals surface area contributed by atoms with Gasteiger partial charge in [-0.2, -0.15) is 0 Å². The Morgan fingerprint density at radius 3 is 2.76 bits per heavy atom. The second-order valence-electron chi connectivity index (χ2n) is 4.37. The molecule has 0 unspecified atom stereocenters. The van der Waals surface area contributed by atoms with Gasteiger partial charge in [0.1, 0.15) is 0 Å². The molecule has 110 valence electrons. The van der Waals surface area contributed by atoms with Gasteiger partial charge in [0, 0.05) is 17.6 Å². The first-order valence-corrected chi connectivity index (χ1v) is 7.30. The summed E-state index contributed by atoms with van der Waals surface area (Å²) in [4.78, 5) is 25.6. The normalized spacial score (nSPS) is 10.2. The van der Waals surface area contributed by atoms with Crippen LogP contribution in [0.3, 0.4) is 0 Å². The molecule has 1 aromatic carbocycles. The largest absolute Gasteiger partial charge is 0.478 e. The van der Waals surface area contributed by atoms with Crippen molar-refractivity contribution in [2.75, 3.05) is 12.4 Å². The minimum atomic E-state index is -1.14. The molecule has 2 N–H and O–H groups in total. The number of amides is 2. The average molecular weight is 325 g/mol. The molecule has 0 aliphatic carbocycles. The fourth-order valence-corrected chi connectivity index (χ4v) is 2.65. The predicted molar refractivity (Wildman–Crippen MR) is 83.2 cm³/mol. The minimum absolute atomic E-state index is 0.0459. The third-order valence-corrected chi connectivity index (χ3v) is 3.96. The van der Waals surface area contributed by atoms with Crippen molar-refractivity contribution in [3.63, 3.8) is 0 Å². The number of hydrogen-bond acceptors (Lipinski definition) is 3. The molecule has 1 aromatic heterocycles. The van der Waals surface area contributed by atoms with Crippen LogP contribution in [0, 0.1) is 0 Å². The van der Waals surface area contributed by atoms with E-state index < -0.39 is 5.97 Å². The summed E-state index contributed by atoms with van der Waals surface area (Å²) >= 11 is 7.35. The number of carboxylic acids is 1. The summed E-state index contributed by atoms with van der Waals surface area (Å²) in [6.45, 7) is 0.489. The molecule has 7 heteroatoms. The van der Waals surface area contributed by atoms with Gasteiger partial charge in [-0.15, -0.1) is 11.3 Å². The Bertz CT molecular complexity index is 658. The predicted octanol–water partition coefficient (Wildman–Crippen LogP) is 3.76. The van der Waals surface area contributed by atoms with Gasteiger partial charge in [0.05, 0.1) is 17.1 Å². The van der Waals surface area contributed by atoms with Crippen molar-refractivity contribution in [3.8, 4) is 0 Å². The van der Waals surface area contributed by atoms with Gasteiger partial charge in [0.2, 0.25) is 0 Å². The van der Waals surface area contributed by atoms with Crippen LogP contribution in [0.4, 0.5) is 10.5 Å². The van der Waals surface area contributed by atoms with Crippen molar-refractivity contribution in [2.45, 2.75) is 6.54 Å². The lowest BCUT2D eigenvalue weighted by Crippen LogP contribution is -2.30. The van der Waals surface area contributed by atoms with E-state index in [4.69, 9.17) is 16.7 Å². The number of benzene rings is 1. The first-order valence-electron chi connectivity index (χ1n) is 6.04. The van der Waals surface area contributed by atoms with Crippen LogP contribution in [0.2, 0.25) is 5.02 Å². The highest BCUT2D eigenvalue weighted by molar-refractivity contribution is 7.09. The van der Waals surface area contributed by atoms with Crippen LogP contribution in [0.15, 0.2) is 35.7 Å². The minimum Gasteiger partial charge on any atom is -0.478 e. The summed E-state index contributed by atoms with van der Waals surface area (Å²) in [7, 11) is 1.67. The standard InChI is InChI=1S/C14H13ClN2O3S/c1-17(8-10-3-2-6-21-10)14(20)16-9-4-5-12(15)11(7-9)13(18)19/h2-7H,8H2,1H3,(H,16,20)(H,18,19). The molecule has 0 bridgehead atoms. The van der Waals surface area contributed by atoms with E-state index in [1.54, 1.807) is 24.5 Å². The molecule has 2 rings (SSSR count). The number of rotatable bonds is 4. The Morgan fingerprint density at radius 1 is 1.38 bits per heavy atom. The molecule has 0 fully saturated rings. The molecule has 5 nitrogen and oxygen atoms in total. The van der Waals surface area contributed by atoms with E-state index >= 15 is 0 Å². The number of carbonyl (C=O) groups excluding carboxylic acids is 1. The van der Waals surface area contributed by atoms with Crippen molar-refractivity contribution in [1.82, 2.24) is 4.90 Å². The van der Waals surface area contributed by atoms with Gasteiger partial charge in [-0.05, 0) is 29.6 Å². The monoisotopic (exact) mass is 324 g/mol. The fraction of sp³-hybridized carbons (Fsp3) is 0.143. The topological polar surface area (TPSA) is 69.6 Å². The van der Waals surface area contributed by atoms with Crippen molar-refractivity contribution in [2.24, 2.45) is 0 Å². The van der Waals surface area contributed by atoms with Gasteiger partial charge in [-0.25, -0.2) is 9.59 Å². The molecule has 0 aliphatic heterocycles. The number of nitrogens with one attached hydrogen (secondary N) is 1. The van der Waals surface area contributed by atoms with E-state index in [1.807, 2.05) is 17.5 Å². The Morgan fingerprint density at radius 2 is 2.14 bits per heavy atom. The Balaban J connectivity index is 2.05. The van der Waals surface area contributed by atoms with Crippen LogP contribution in [-0.2, 0) is 6.54 Å². The highest BCUT2D eigenvalue weighted by Gasteiger charge is 2.13. The van der Waals surface area contributed by atoms with Gasteiger partial charge < -0.3 is 15.3 Å². The number of carbonyl (C=O) groups is 2. The van der Waals surface area contributed by atoms with Crippen molar-refractivity contribution < 1.29 is 14.7 Å². The number of nitrogens with zero attached hydrogens (tertiary/aromatic N) is 1. The second-order valence-corrected chi connectivity index (χ2v) is 5.80. The van der Waals surface area contributed by atoms with Gasteiger partial charge in [-0.1, -0.05) is 17.7 Å². The third-order valence-electron chi connectivity index (χ3n) is 2.77. The summed E-state index contributed by atoms with van der Waals surface area (Å²) < 4.78 is 0. The van der Waals surface area contributed by atoms with E-state index in [1.165, 1.54) is 17.0 Å². The smallest absolute Gasteiger partial charge is 0.337 e. The first kappa shape index (κ1) is 15.3. The molecule has 0 spiro atoms. The maximum atomic E-state index is 12.0. The van der Waals surface area contributed by atoms with Gasteiger partial charge >= 0.3 is 12.0 Å². The molecule has 0 saturated heterocycles. The number of hydrogen-bond donors (Lipinski definition) is 2. The van der Waals surface area contributed by atoms with Crippen LogP contribution in [0.1, 0.15) is 15.2 Å². The molecule has 0 atom stereocenters. The molecular weight excluding hydrogens is 312 g/mol. The Kier molecular flexibility index (Phi) is 4.82. The summed E-state index contributed by atoms with van der Waals surface area (Å²) in [5.74, 6) is -1.14. The molecule has 0 aliphatic rings. The van der Waals surface area contributed by atoms with Gasteiger partial charge in [0.15, 0.2) is 0 Å². The summed E-state index contributed by atoms with van der Waals surface area (Å²) in [5.41, 5.74) is 0.343. The molecule has 21 heavy (non-hydrogen) atoms. The van der Waals surface area contributed by atoms with Crippen LogP contribution >= 0.6 is 22.9 Å². The van der Waals surface area contributed by atoms with E-state index in [9.17, 15) is 9.59 Å². The van der Waals surface area contributed by atoms with Crippen molar-refractivity contribution >= 4 is 40.6 Å². The summed E-state index contributed by atoms with van der Waals surface area (Å²) in [6, 6.07) is 7.89. The molecule has 2 amide bonds. The van der Waals surface area contributed by atoms with Crippen molar-refractivity contribution in [1.29, 1.82) is 0 Å². The number of anilines is 1. The van der Waals surface area contributed by atoms with Crippen LogP contribution < -0.4 is 5.32 Å². The zero-order chi connectivity index (χ0) is 15.4. The first-order chi connectivity index (χ1) is 9.97. The zero-order valence-electron chi connectivity index (χ0n) is 11.2. The van der Waals surface area contributed by atoms with Gasteiger partial charge in [0.25, 0.3) is 0 Å². The lowest BCUT2D eigenvalue weighted by Gasteiger charge is -2.17. The van der Waals surface area contributed by atoms with E-state index in [0.29, 0.717) is 12.2 Å². The van der Waals surface area contributed by atoms with Crippen LogP contribution in [0.25, 0.3) is 0 Å². The number of halogens is 1. The number of carboxylic acid groups (broad SMARTS) is 1. The van der Waals surface area contributed by atoms with Crippen LogP contribution in [-0.4, -0.2) is 29.1 Å². The van der Waals surface area contributed by atoms with E-state index in [2.05, 4.69) is 5.32 Å². The molecule has 1 heterocycles. The fourth-order valence-electron chi connectivity index (χ4n) is 1.69. The van der Waals surface area contributed by atoms with Gasteiger partial charge in [-0.3, -0.25) is 0 Å². The van der Waals surface area contributed by atoms with E-state index in [-0.39, 0.29) is 16.6 Å².